The van der Waals surface area contributed by atoms with Gasteiger partial charge in [-0.05, 0) is 44.2 Å². The number of thiazole rings is 1. The number of amides is 1. The summed E-state index contributed by atoms with van der Waals surface area (Å²) in [4.78, 5) is 30.0. The summed E-state index contributed by atoms with van der Waals surface area (Å²) in [6.45, 7) is 6.05. The Morgan fingerprint density at radius 1 is 1.13 bits per heavy atom. The highest BCUT2D eigenvalue weighted by Gasteiger charge is 2.14. The van der Waals surface area contributed by atoms with Gasteiger partial charge in [0, 0.05) is 19.2 Å². The highest BCUT2D eigenvalue weighted by atomic mass is 32.1. The minimum absolute atomic E-state index is 0.0903. The molecule has 4 rings (SSSR count). The minimum Gasteiger partial charge on any atom is -0.494 e. The van der Waals surface area contributed by atoms with Crippen LogP contribution in [0.1, 0.15) is 24.4 Å². The predicted octanol–water partition coefficient (Wildman–Crippen LogP) is 3.99. The molecule has 0 aliphatic carbocycles. The lowest BCUT2D eigenvalue weighted by Crippen LogP contribution is -2.20. The number of para-hydroxylation sites is 1. The summed E-state index contributed by atoms with van der Waals surface area (Å²) in [6.07, 6.45) is 0. The fourth-order valence-corrected chi connectivity index (χ4v) is 4.35. The maximum atomic E-state index is 12.9. The summed E-state index contributed by atoms with van der Waals surface area (Å²) >= 11 is 1.37. The van der Waals surface area contributed by atoms with Crippen LogP contribution < -0.4 is 15.0 Å². The van der Waals surface area contributed by atoms with Crippen molar-refractivity contribution in [1.29, 1.82) is 0 Å². The normalized spacial score (nSPS) is 12.0. The number of hydrogen-bond donors (Lipinski definition) is 0. The van der Waals surface area contributed by atoms with Crippen LogP contribution in [0.25, 0.3) is 21.2 Å². The molecule has 0 atom stereocenters. The fraction of sp³-hybridized carbons (Fsp3) is 0.261. The first-order chi connectivity index (χ1) is 15.1. The number of aromatic nitrogens is 1. The molecule has 2 heterocycles. The topological polar surface area (TPSA) is 83.0 Å². The largest absolute Gasteiger partial charge is 0.494 e. The van der Waals surface area contributed by atoms with Gasteiger partial charge in [-0.3, -0.25) is 9.59 Å². The molecule has 0 N–H and O–H groups in total. The monoisotopic (exact) mass is 438 g/mol. The van der Waals surface area contributed by atoms with Crippen molar-refractivity contribution in [2.75, 3.05) is 19.8 Å². The second-order valence-electron chi connectivity index (χ2n) is 6.68. The van der Waals surface area contributed by atoms with E-state index in [1.165, 1.54) is 17.4 Å². The van der Waals surface area contributed by atoms with Gasteiger partial charge in [-0.2, -0.15) is 4.99 Å². The van der Waals surface area contributed by atoms with E-state index >= 15 is 0 Å². The van der Waals surface area contributed by atoms with Crippen molar-refractivity contribution in [2.45, 2.75) is 20.4 Å². The van der Waals surface area contributed by atoms with Gasteiger partial charge in [0.15, 0.2) is 16.0 Å². The third-order valence-corrected chi connectivity index (χ3v) is 5.71. The predicted molar refractivity (Wildman–Crippen MR) is 120 cm³/mol. The SMILES string of the molecule is CCOCCn1c(=NC(=O)c2cc(=O)c3ccccc3o2)sc2cc(OCC)ccc21. The Morgan fingerprint density at radius 2 is 1.97 bits per heavy atom. The quantitative estimate of drug-likeness (QED) is 0.408. The Bertz CT molecular complexity index is 1370. The molecular weight excluding hydrogens is 416 g/mol. The number of ether oxygens (including phenoxy) is 2. The van der Waals surface area contributed by atoms with Crippen LogP contribution in [0, 0.1) is 0 Å². The number of carbonyl (C=O) groups is 1. The molecule has 160 valence electrons. The van der Waals surface area contributed by atoms with E-state index in [9.17, 15) is 9.59 Å². The van der Waals surface area contributed by atoms with E-state index in [2.05, 4.69) is 4.99 Å². The summed E-state index contributed by atoms with van der Waals surface area (Å²) < 4.78 is 19.6. The molecule has 0 spiro atoms. The molecule has 8 heteroatoms. The lowest BCUT2D eigenvalue weighted by atomic mass is 10.2. The van der Waals surface area contributed by atoms with Gasteiger partial charge in [-0.25, -0.2) is 0 Å². The molecule has 0 unspecified atom stereocenters. The van der Waals surface area contributed by atoms with Crippen LogP contribution in [0.15, 0.2) is 62.7 Å². The molecule has 0 bridgehead atoms. The van der Waals surface area contributed by atoms with Crippen LogP contribution >= 0.6 is 11.3 Å². The maximum Gasteiger partial charge on any atom is 0.315 e. The van der Waals surface area contributed by atoms with Crippen molar-refractivity contribution in [2.24, 2.45) is 4.99 Å². The average molecular weight is 439 g/mol. The van der Waals surface area contributed by atoms with Crippen LogP contribution in [-0.2, 0) is 11.3 Å². The number of benzene rings is 2. The minimum atomic E-state index is -0.607. The van der Waals surface area contributed by atoms with Crippen LogP contribution in [-0.4, -0.2) is 30.3 Å². The van der Waals surface area contributed by atoms with E-state index in [0.717, 1.165) is 16.0 Å². The van der Waals surface area contributed by atoms with E-state index in [4.69, 9.17) is 13.9 Å². The first-order valence-electron chi connectivity index (χ1n) is 10.1. The summed E-state index contributed by atoms with van der Waals surface area (Å²) in [6, 6.07) is 13.8. The summed E-state index contributed by atoms with van der Waals surface area (Å²) in [5, 5.41) is 0.427. The average Bonchev–Trinajstić information content (AvgIpc) is 3.10. The van der Waals surface area contributed by atoms with Gasteiger partial charge in [0.2, 0.25) is 0 Å². The van der Waals surface area contributed by atoms with Crippen LogP contribution in [0.3, 0.4) is 0 Å². The first kappa shape index (κ1) is 21.0. The lowest BCUT2D eigenvalue weighted by molar-refractivity contribution is 0.0971. The van der Waals surface area contributed by atoms with Gasteiger partial charge in [0.05, 0.1) is 28.8 Å². The molecule has 0 saturated heterocycles. The third-order valence-electron chi connectivity index (χ3n) is 4.67. The van der Waals surface area contributed by atoms with Crippen molar-refractivity contribution in [3.63, 3.8) is 0 Å². The highest BCUT2D eigenvalue weighted by molar-refractivity contribution is 7.16. The van der Waals surface area contributed by atoms with Gasteiger partial charge < -0.3 is 18.5 Å². The molecule has 2 aromatic carbocycles. The van der Waals surface area contributed by atoms with Crippen molar-refractivity contribution < 1.29 is 18.7 Å². The summed E-state index contributed by atoms with van der Waals surface area (Å²) in [5.41, 5.74) is 1.01. The zero-order chi connectivity index (χ0) is 21.8. The van der Waals surface area contributed by atoms with Crippen molar-refractivity contribution in [3.05, 3.63) is 69.3 Å². The number of nitrogens with zero attached hydrogens (tertiary/aromatic N) is 2. The smallest absolute Gasteiger partial charge is 0.315 e. The standard InChI is InChI=1S/C23H22N2O5S/c1-3-28-12-11-25-17-10-9-15(29-4-2)13-21(17)31-23(25)24-22(27)20-14-18(26)16-7-5-6-8-19(16)30-20/h5-10,13-14H,3-4,11-12H2,1-2H3. The van der Waals surface area contributed by atoms with Crippen LogP contribution in [0.2, 0.25) is 0 Å². The molecule has 1 amide bonds. The zero-order valence-corrected chi connectivity index (χ0v) is 18.1. The van der Waals surface area contributed by atoms with Gasteiger partial charge >= 0.3 is 5.91 Å². The molecule has 0 aliphatic heterocycles. The molecule has 7 nitrogen and oxygen atoms in total. The number of carbonyl (C=O) groups excluding carboxylic acids is 1. The van der Waals surface area contributed by atoms with Gasteiger partial charge in [-0.1, -0.05) is 23.5 Å². The molecule has 0 saturated carbocycles. The summed E-state index contributed by atoms with van der Waals surface area (Å²) in [7, 11) is 0. The van der Waals surface area contributed by atoms with Crippen molar-refractivity contribution >= 4 is 38.4 Å². The molecule has 31 heavy (non-hydrogen) atoms. The van der Waals surface area contributed by atoms with E-state index in [1.807, 2.05) is 36.6 Å². The zero-order valence-electron chi connectivity index (χ0n) is 17.3. The Labute approximate surface area is 182 Å². The molecular formula is C23H22N2O5S. The maximum absolute atomic E-state index is 12.9. The molecule has 0 aliphatic rings. The van der Waals surface area contributed by atoms with E-state index in [1.54, 1.807) is 24.3 Å². The lowest BCUT2D eigenvalue weighted by Gasteiger charge is -2.06. The molecule has 0 radical (unpaired) electrons. The number of fused-ring (bicyclic) bond motifs is 2. The van der Waals surface area contributed by atoms with E-state index < -0.39 is 5.91 Å². The van der Waals surface area contributed by atoms with Crippen molar-refractivity contribution in [1.82, 2.24) is 4.57 Å². The fourth-order valence-electron chi connectivity index (χ4n) is 3.26. The second kappa shape index (κ2) is 9.28. The Balaban J connectivity index is 1.80. The van der Waals surface area contributed by atoms with Gasteiger partial charge in [0.1, 0.15) is 11.3 Å². The Kier molecular flexibility index (Phi) is 6.29. The van der Waals surface area contributed by atoms with Crippen LogP contribution in [0.5, 0.6) is 5.75 Å². The summed E-state index contributed by atoms with van der Waals surface area (Å²) in [5.74, 6) is 0.0590. The third kappa shape index (κ3) is 4.45. The molecule has 4 aromatic rings. The Hall–Kier alpha value is -3.23. The molecule has 0 fully saturated rings. The van der Waals surface area contributed by atoms with E-state index in [-0.39, 0.29) is 11.2 Å². The van der Waals surface area contributed by atoms with Crippen molar-refractivity contribution in [3.8, 4) is 5.75 Å². The van der Waals surface area contributed by atoms with Crippen LogP contribution in [0.4, 0.5) is 0 Å². The number of hydrogen-bond acceptors (Lipinski definition) is 6. The number of rotatable bonds is 7. The first-order valence-corrected chi connectivity index (χ1v) is 10.9. The van der Waals surface area contributed by atoms with Gasteiger partial charge in [-0.15, -0.1) is 0 Å². The highest BCUT2D eigenvalue weighted by Crippen LogP contribution is 2.23. The van der Waals surface area contributed by atoms with E-state index in [0.29, 0.717) is 42.1 Å². The molecule has 2 aromatic heterocycles. The van der Waals surface area contributed by atoms with Gasteiger partial charge in [0.25, 0.3) is 0 Å². The Morgan fingerprint density at radius 3 is 2.77 bits per heavy atom. The second-order valence-corrected chi connectivity index (χ2v) is 7.69.